The van der Waals surface area contributed by atoms with E-state index >= 15 is 0 Å². The molecule has 21 heavy (non-hydrogen) atoms. The van der Waals surface area contributed by atoms with E-state index in [0.29, 0.717) is 0 Å². The number of anilines is 2. The lowest BCUT2D eigenvalue weighted by Crippen LogP contribution is -2.18. The molecule has 1 aromatic heterocycles. The van der Waals surface area contributed by atoms with Gasteiger partial charge in [0.1, 0.15) is 5.82 Å². The summed E-state index contributed by atoms with van der Waals surface area (Å²) < 4.78 is 41.5. The predicted molar refractivity (Wildman–Crippen MR) is 78.0 cm³/mol. The van der Waals surface area contributed by atoms with Gasteiger partial charge in [-0.15, -0.1) is 0 Å². The van der Waals surface area contributed by atoms with E-state index < -0.39 is 15.8 Å². The van der Waals surface area contributed by atoms with Crippen LogP contribution in [0, 0.1) is 12.7 Å². The first kappa shape index (κ1) is 15.0. The molecule has 8 heteroatoms. The average molecular weight is 311 g/mol. The number of sulfonamides is 1. The highest BCUT2D eigenvalue weighted by atomic mass is 32.2. The second kappa shape index (κ2) is 5.21. The predicted octanol–water partition coefficient (Wildman–Crippen LogP) is 1.22. The lowest BCUT2D eigenvalue weighted by Gasteiger charge is -2.11. The van der Waals surface area contributed by atoms with E-state index in [1.165, 1.54) is 42.9 Å². The molecule has 0 aliphatic rings. The van der Waals surface area contributed by atoms with Gasteiger partial charge < -0.3 is 10.3 Å². The summed E-state index contributed by atoms with van der Waals surface area (Å²) in [6.07, 6.45) is 1.35. The summed E-state index contributed by atoms with van der Waals surface area (Å²) in [5.41, 5.74) is 5.29. The molecule has 1 aromatic carbocycles. The van der Waals surface area contributed by atoms with Crippen LogP contribution < -0.4 is 16.0 Å². The summed E-state index contributed by atoms with van der Waals surface area (Å²) in [5.74, 6) is -0.643. The maximum absolute atomic E-state index is 13.4. The van der Waals surface area contributed by atoms with Crippen molar-refractivity contribution < 1.29 is 12.8 Å². The van der Waals surface area contributed by atoms with Crippen LogP contribution in [0.2, 0.25) is 0 Å². The van der Waals surface area contributed by atoms with Gasteiger partial charge >= 0.3 is 0 Å². The molecule has 0 spiro atoms. The van der Waals surface area contributed by atoms with Gasteiger partial charge in [-0.05, 0) is 30.7 Å². The Hall–Kier alpha value is -2.35. The van der Waals surface area contributed by atoms with Crippen molar-refractivity contribution in [2.45, 2.75) is 11.8 Å². The van der Waals surface area contributed by atoms with E-state index in [4.69, 9.17) is 5.73 Å². The average Bonchev–Trinajstić information content (AvgIpc) is 2.39. The minimum absolute atomic E-state index is 0.135. The van der Waals surface area contributed by atoms with Gasteiger partial charge in [-0.1, -0.05) is 0 Å². The summed E-state index contributed by atoms with van der Waals surface area (Å²) in [6, 6.07) is 4.82. The van der Waals surface area contributed by atoms with Crippen molar-refractivity contribution in [3.63, 3.8) is 0 Å². The number of rotatable bonds is 3. The Morgan fingerprint density at radius 2 is 1.95 bits per heavy atom. The third-order valence-electron chi connectivity index (χ3n) is 2.90. The number of nitrogens with two attached hydrogens (primary N) is 1. The second-order valence-corrected chi connectivity index (χ2v) is 6.30. The van der Waals surface area contributed by atoms with Crippen molar-refractivity contribution in [1.29, 1.82) is 0 Å². The zero-order chi connectivity index (χ0) is 15.8. The first-order valence-corrected chi connectivity index (χ1v) is 7.44. The number of nitrogen functional groups attached to an aromatic ring is 1. The lowest BCUT2D eigenvalue weighted by atomic mass is 10.2. The zero-order valence-corrected chi connectivity index (χ0v) is 12.2. The molecule has 2 aromatic rings. The quantitative estimate of drug-likeness (QED) is 0.833. The Bertz CT molecular complexity index is 836. The van der Waals surface area contributed by atoms with Crippen molar-refractivity contribution in [2.75, 3.05) is 10.5 Å². The Morgan fingerprint density at radius 3 is 2.52 bits per heavy atom. The fourth-order valence-corrected chi connectivity index (χ4v) is 2.95. The van der Waals surface area contributed by atoms with Gasteiger partial charge in [0.2, 0.25) is 5.56 Å². The Labute approximate surface area is 121 Å². The van der Waals surface area contributed by atoms with Gasteiger partial charge in [-0.2, -0.15) is 0 Å². The number of hydrogen-bond acceptors (Lipinski definition) is 4. The third kappa shape index (κ3) is 3.05. The van der Waals surface area contributed by atoms with Crippen molar-refractivity contribution >= 4 is 21.4 Å². The summed E-state index contributed by atoms with van der Waals surface area (Å²) in [6.45, 7) is 1.43. The van der Waals surface area contributed by atoms with Crippen LogP contribution >= 0.6 is 0 Å². The molecule has 0 saturated carbocycles. The van der Waals surface area contributed by atoms with Crippen LogP contribution in [0.4, 0.5) is 15.8 Å². The van der Waals surface area contributed by atoms with Crippen molar-refractivity contribution in [1.82, 2.24) is 4.57 Å². The van der Waals surface area contributed by atoms with E-state index in [9.17, 15) is 17.6 Å². The smallest absolute Gasteiger partial charge is 0.262 e. The molecular formula is C13H14FN3O3S. The van der Waals surface area contributed by atoms with Crippen LogP contribution in [0.3, 0.4) is 0 Å². The van der Waals surface area contributed by atoms with Crippen molar-refractivity contribution in [3.8, 4) is 0 Å². The van der Waals surface area contributed by atoms with Crippen LogP contribution in [0.5, 0.6) is 0 Å². The van der Waals surface area contributed by atoms with Crippen LogP contribution in [-0.4, -0.2) is 13.0 Å². The van der Waals surface area contributed by atoms with Crippen molar-refractivity contribution in [2.24, 2.45) is 7.05 Å². The van der Waals surface area contributed by atoms with Crippen LogP contribution in [0.15, 0.2) is 40.2 Å². The molecule has 3 N–H and O–H groups in total. The molecule has 112 valence electrons. The number of hydrogen-bond donors (Lipinski definition) is 2. The Balaban J connectivity index is 2.43. The number of aromatic nitrogens is 1. The van der Waals surface area contributed by atoms with E-state index in [2.05, 4.69) is 4.72 Å². The molecule has 6 nitrogen and oxygen atoms in total. The van der Waals surface area contributed by atoms with E-state index in [-0.39, 0.29) is 27.4 Å². The number of halogens is 1. The topological polar surface area (TPSA) is 94.2 Å². The first-order valence-electron chi connectivity index (χ1n) is 5.96. The number of benzene rings is 1. The zero-order valence-electron chi connectivity index (χ0n) is 11.4. The third-order valence-corrected chi connectivity index (χ3v) is 4.27. The minimum atomic E-state index is -3.92. The standard InChI is InChI=1S/C13H14FN3O3S/c1-8-5-10(6-11(15)13(8)14)21(19,20)16-9-3-4-12(18)17(2)7-9/h3-7,16H,15H2,1-2H3. The van der Waals surface area contributed by atoms with Crippen LogP contribution in [0.25, 0.3) is 0 Å². The molecule has 0 bridgehead atoms. The highest BCUT2D eigenvalue weighted by molar-refractivity contribution is 7.92. The molecule has 0 atom stereocenters. The molecule has 0 fully saturated rings. The fourth-order valence-electron chi connectivity index (χ4n) is 1.79. The van der Waals surface area contributed by atoms with Gasteiger partial charge in [-0.3, -0.25) is 9.52 Å². The van der Waals surface area contributed by atoms with Gasteiger partial charge in [0.05, 0.1) is 16.3 Å². The Kier molecular flexibility index (Phi) is 3.73. The largest absolute Gasteiger partial charge is 0.396 e. The maximum atomic E-state index is 13.4. The van der Waals surface area contributed by atoms with Gasteiger partial charge in [-0.25, -0.2) is 12.8 Å². The molecule has 0 radical (unpaired) electrons. The first-order chi connectivity index (χ1) is 9.70. The SMILES string of the molecule is Cc1cc(S(=O)(=O)Nc2ccc(=O)n(C)c2)cc(N)c1F. The monoisotopic (exact) mass is 311 g/mol. The van der Waals surface area contributed by atoms with Crippen LogP contribution in [0.1, 0.15) is 5.56 Å². The second-order valence-electron chi connectivity index (χ2n) is 4.62. The van der Waals surface area contributed by atoms with E-state index in [0.717, 1.165) is 6.07 Å². The molecule has 0 saturated heterocycles. The number of pyridine rings is 1. The molecule has 0 unspecified atom stereocenters. The normalized spacial score (nSPS) is 11.4. The summed E-state index contributed by atoms with van der Waals surface area (Å²) in [5, 5.41) is 0. The molecular weight excluding hydrogens is 297 g/mol. The lowest BCUT2D eigenvalue weighted by molar-refractivity contribution is 0.599. The fraction of sp³-hybridized carbons (Fsp3) is 0.154. The summed E-state index contributed by atoms with van der Waals surface area (Å²) in [4.78, 5) is 11.1. The molecule has 2 rings (SSSR count). The summed E-state index contributed by atoms with van der Waals surface area (Å²) >= 11 is 0. The Morgan fingerprint density at radius 1 is 1.29 bits per heavy atom. The highest BCUT2D eigenvalue weighted by Crippen LogP contribution is 2.22. The molecule has 1 heterocycles. The van der Waals surface area contributed by atoms with E-state index in [1.807, 2.05) is 0 Å². The molecule has 0 amide bonds. The van der Waals surface area contributed by atoms with Gasteiger partial charge in [0, 0.05) is 19.3 Å². The number of nitrogens with one attached hydrogen (secondary N) is 1. The minimum Gasteiger partial charge on any atom is -0.396 e. The van der Waals surface area contributed by atoms with Gasteiger partial charge in [0.15, 0.2) is 0 Å². The summed E-state index contributed by atoms with van der Waals surface area (Å²) in [7, 11) is -2.42. The molecule has 0 aliphatic heterocycles. The highest BCUT2D eigenvalue weighted by Gasteiger charge is 2.17. The van der Waals surface area contributed by atoms with Crippen LogP contribution in [-0.2, 0) is 17.1 Å². The van der Waals surface area contributed by atoms with E-state index in [1.54, 1.807) is 0 Å². The number of aryl methyl sites for hydroxylation is 2. The molecule has 0 aliphatic carbocycles. The van der Waals surface area contributed by atoms with Gasteiger partial charge in [0.25, 0.3) is 10.0 Å². The van der Waals surface area contributed by atoms with Crippen molar-refractivity contribution in [3.05, 3.63) is 52.2 Å². The maximum Gasteiger partial charge on any atom is 0.262 e. The number of nitrogens with zero attached hydrogens (tertiary/aromatic N) is 1.